The van der Waals surface area contributed by atoms with Crippen LogP contribution in [-0.2, 0) is 21.2 Å². The second kappa shape index (κ2) is 7.45. The van der Waals surface area contributed by atoms with Crippen LogP contribution in [0.5, 0.6) is 0 Å². The quantitative estimate of drug-likeness (QED) is 0.595. The number of aromatic nitrogens is 2. The van der Waals surface area contributed by atoms with Crippen LogP contribution < -0.4 is 0 Å². The van der Waals surface area contributed by atoms with Gasteiger partial charge in [0.15, 0.2) is 16.4 Å². The average Bonchev–Trinajstić information content (AvgIpc) is 3.08. The van der Waals surface area contributed by atoms with E-state index in [1.54, 1.807) is 0 Å². The first-order valence-electron chi connectivity index (χ1n) is 7.49. The summed E-state index contributed by atoms with van der Waals surface area (Å²) in [6.07, 6.45) is 1.01. The topological polar surface area (TPSA) is 99.4 Å². The molecule has 2 aromatic carbocycles. The predicted octanol–water partition coefficient (Wildman–Crippen LogP) is 3.29. The van der Waals surface area contributed by atoms with E-state index < -0.39 is 21.6 Å². The lowest BCUT2D eigenvalue weighted by Gasteiger charge is -2.06. The number of carbonyl (C=O) groups is 1. The summed E-state index contributed by atoms with van der Waals surface area (Å²) >= 11 is 5.94. The van der Waals surface area contributed by atoms with Gasteiger partial charge in [-0.2, -0.15) is 0 Å². The molecule has 0 aliphatic heterocycles. The minimum absolute atomic E-state index is 0.0121. The molecule has 0 unspecified atom stereocenters. The third-order valence-corrected chi connectivity index (χ3v) is 4.91. The molecule has 1 heterocycles. The van der Waals surface area contributed by atoms with Gasteiger partial charge in [-0.15, -0.1) is 10.2 Å². The Balaban J connectivity index is 1.72. The first kappa shape index (κ1) is 19.0. The van der Waals surface area contributed by atoms with Crippen LogP contribution in [0.25, 0.3) is 11.5 Å². The monoisotopic (exact) mass is 410 g/mol. The van der Waals surface area contributed by atoms with Crippen molar-refractivity contribution in [2.24, 2.45) is 0 Å². The molecule has 0 atom stereocenters. The molecule has 0 aliphatic carbocycles. The molecule has 1 aromatic heterocycles. The minimum atomic E-state index is -3.51. The van der Waals surface area contributed by atoms with Crippen LogP contribution in [0.3, 0.4) is 0 Å². The summed E-state index contributed by atoms with van der Waals surface area (Å²) in [5.74, 6) is -1.09. The number of hydrogen-bond donors (Lipinski definition) is 0. The van der Waals surface area contributed by atoms with E-state index in [2.05, 4.69) is 10.2 Å². The van der Waals surface area contributed by atoms with E-state index in [9.17, 15) is 17.6 Å². The molecule has 0 N–H and O–H groups in total. The maximum atomic E-state index is 12.9. The van der Waals surface area contributed by atoms with Gasteiger partial charge in [0.05, 0.1) is 15.5 Å². The first-order valence-corrected chi connectivity index (χ1v) is 9.76. The zero-order valence-corrected chi connectivity index (χ0v) is 15.4. The number of nitrogens with zero attached hydrogens (tertiary/aromatic N) is 2. The molecule has 27 heavy (non-hydrogen) atoms. The molecule has 140 valence electrons. The molecule has 3 aromatic rings. The number of carbonyl (C=O) groups excluding carboxylic acids is 1. The van der Waals surface area contributed by atoms with Crippen LogP contribution in [0.15, 0.2) is 51.8 Å². The summed E-state index contributed by atoms with van der Waals surface area (Å²) in [6, 6.07) is 9.16. The number of sulfone groups is 1. The van der Waals surface area contributed by atoms with E-state index in [0.717, 1.165) is 12.3 Å². The average molecular weight is 411 g/mol. The van der Waals surface area contributed by atoms with Gasteiger partial charge in [-0.05, 0) is 42.5 Å². The smallest absolute Gasteiger partial charge is 0.340 e. The van der Waals surface area contributed by atoms with Crippen LogP contribution in [0.1, 0.15) is 16.2 Å². The van der Waals surface area contributed by atoms with Crippen molar-refractivity contribution in [2.75, 3.05) is 6.26 Å². The number of benzene rings is 2. The standard InChI is InChI=1S/C17H12ClFN2O5S/c1-27(23,24)12-6-7-14(18)13(8-12)17(22)25-9-15-20-21-16(26-15)10-2-4-11(19)5-3-10/h2-8H,9H2,1H3. The molecule has 0 bridgehead atoms. The van der Waals surface area contributed by atoms with Crippen molar-refractivity contribution in [1.82, 2.24) is 10.2 Å². The van der Waals surface area contributed by atoms with E-state index in [0.29, 0.717) is 5.56 Å². The fraction of sp³-hybridized carbons (Fsp3) is 0.118. The molecule has 0 radical (unpaired) electrons. The van der Waals surface area contributed by atoms with E-state index in [4.69, 9.17) is 20.8 Å². The van der Waals surface area contributed by atoms with Crippen molar-refractivity contribution in [2.45, 2.75) is 11.5 Å². The highest BCUT2D eigenvalue weighted by Gasteiger charge is 2.18. The Morgan fingerprint density at radius 1 is 1.19 bits per heavy atom. The van der Waals surface area contributed by atoms with E-state index >= 15 is 0 Å². The second-order valence-corrected chi connectivity index (χ2v) is 7.92. The van der Waals surface area contributed by atoms with Gasteiger partial charge in [0.1, 0.15) is 5.82 Å². The van der Waals surface area contributed by atoms with Crippen LogP contribution in [0, 0.1) is 5.82 Å². The van der Waals surface area contributed by atoms with Gasteiger partial charge in [0.25, 0.3) is 5.89 Å². The summed E-state index contributed by atoms with van der Waals surface area (Å²) < 4.78 is 46.6. The Morgan fingerprint density at radius 3 is 2.56 bits per heavy atom. The molecule has 0 aliphatic rings. The van der Waals surface area contributed by atoms with E-state index in [1.165, 1.54) is 36.4 Å². The molecule has 0 fully saturated rings. The van der Waals surface area contributed by atoms with Crippen molar-refractivity contribution in [3.8, 4) is 11.5 Å². The van der Waals surface area contributed by atoms with Gasteiger partial charge >= 0.3 is 5.97 Å². The third-order valence-electron chi connectivity index (χ3n) is 3.47. The summed E-state index contributed by atoms with van der Waals surface area (Å²) in [5.41, 5.74) is 0.406. The van der Waals surface area contributed by atoms with Gasteiger partial charge in [-0.25, -0.2) is 17.6 Å². The van der Waals surface area contributed by atoms with Gasteiger partial charge in [-0.3, -0.25) is 0 Å². The predicted molar refractivity (Wildman–Crippen MR) is 93.4 cm³/mol. The first-order chi connectivity index (χ1) is 12.7. The van der Waals surface area contributed by atoms with Gasteiger partial charge < -0.3 is 9.15 Å². The maximum Gasteiger partial charge on any atom is 0.340 e. The molecule has 7 nitrogen and oxygen atoms in total. The Kier molecular flexibility index (Phi) is 5.24. The molecule has 0 amide bonds. The lowest BCUT2D eigenvalue weighted by molar-refractivity contribution is 0.0438. The largest absolute Gasteiger partial charge is 0.452 e. The Labute approximate surface area is 158 Å². The van der Waals surface area contributed by atoms with Crippen LogP contribution in [0.4, 0.5) is 4.39 Å². The SMILES string of the molecule is CS(=O)(=O)c1ccc(Cl)c(C(=O)OCc2nnc(-c3ccc(F)cc3)o2)c1. The number of halogens is 2. The molecule has 0 saturated carbocycles. The Morgan fingerprint density at radius 2 is 1.89 bits per heavy atom. The van der Waals surface area contributed by atoms with Crippen molar-refractivity contribution >= 4 is 27.4 Å². The van der Waals surface area contributed by atoms with Gasteiger partial charge in [-0.1, -0.05) is 11.6 Å². The molecule has 3 rings (SSSR count). The summed E-state index contributed by atoms with van der Waals surface area (Å²) in [5, 5.41) is 7.58. The van der Waals surface area contributed by atoms with Gasteiger partial charge in [0.2, 0.25) is 5.89 Å². The van der Waals surface area contributed by atoms with Crippen molar-refractivity contribution in [3.05, 3.63) is 64.8 Å². The number of rotatable bonds is 5. The Hall–Kier alpha value is -2.78. The summed E-state index contributed by atoms with van der Waals surface area (Å²) in [6.45, 7) is -0.341. The fourth-order valence-electron chi connectivity index (χ4n) is 2.12. The lowest BCUT2D eigenvalue weighted by atomic mass is 10.2. The second-order valence-electron chi connectivity index (χ2n) is 5.50. The lowest BCUT2D eigenvalue weighted by Crippen LogP contribution is -2.08. The van der Waals surface area contributed by atoms with Crippen LogP contribution in [0.2, 0.25) is 5.02 Å². The highest BCUT2D eigenvalue weighted by Crippen LogP contribution is 2.22. The summed E-state index contributed by atoms with van der Waals surface area (Å²) in [4.78, 5) is 12.1. The molecule has 0 saturated heterocycles. The molecule has 0 spiro atoms. The zero-order chi connectivity index (χ0) is 19.6. The number of hydrogen-bond acceptors (Lipinski definition) is 7. The van der Waals surface area contributed by atoms with E-state index in [1.807, 2.05) is 0 Å². The van der Waals surface area contributed by atoms with Crippen molar-refractivity contribution < 1.29 is 26.8 Å². The Bertz CT molecular complexity index is 1100. The molecular formula is C17H12ClFN2O5S. The maximum absolute atomic E-state index is 12.9. The third kappa shape index (κ3) is 4.50. The fourth-order valence-corrected chi connectivity index (χ4v) is 2.96. The normalized spacial score (nSPS) is 11.4. The molecular weight excluding hydrogens is 399 g/mol. The highest BCUT2D eigenvalue weighted by molar-refractivity contribution is 7.90. The van der Waals surface area contributed by atoms with Crippen LogP contribution >= 0.6 is 11.6 Å². The minimum Gasteiger partial charge on any atom is -0.452 e. The summed E-state index contributed by atoms with van der Waals surface area (Å²) in [7, 11) is -3.51. The zero-order valence-electron chi connectivity index (χ0n) is 13.8. The van der Waals surface area contributed by atoms with Crippen LogP contribution in [-0.4, -0.2) is 30.8 Å². The van der Waals surface area contributed by atoms with E-state index in [-0.39, 0.29) is 33.9 Å². The number of esters is 1. The van der Waals surface area contributed by atoms with Gasteiger partial charge in [0, 0.05) is 11.8 Å². The highest BCUT2D eigenvalue weighted by atomic mass is 35.5. The molecule has 10 heteroatoms. The van der Waals surface area contributed by atoms with Crippen molar-refractivity contribution in [1.29, 1.82) is 0 Å². The van der Waals surface area contributed by atoms with Crippen molar-refractivity contribution in [3.63, 3.8) is 0 Å². The number of ether oxygens (including phenoxy) is 1.